The Morgan fingerprint density at radius 1 is 1.22 bits per heavy atom. The molecule has 0 aromatic rings. The summed E-state index contributed by atoms with van der Waals surface area (Å²) >= 11 is 0. The van der Waals surface area contributed by atoms with Crippen molar-refractivity contribution in [1.29, 1.82) is 0 Å². The third-order valence-electron chi connectivity index (χ3n) is 4.46. The fourth-order valence-corrected chi connectivity index (χ4v) is 2.93. The number of aliphatic hydroxyl groups is 1. The largest absolute Gasteiger partial charge is 0.396 e. The van der Waals surface area contributed by atoms with E-state index in [2.05, 4.69) is 33.0 Å². The van der Waals surface area contributed by atoms with E-state index in [1.807, 2.05) is 0 Å². The second-order valence-corrected chi connectivity index (χ2v) is 7.66. The van der Waals surface area contributed by atoms with Gasteiger partial charge >= 0.3 is 0 Å². The van der Waals surface area contributed by atoms with Crippen molar-refractivity contribution in [2.45, 2.75) is 78.7 Å². The van der Waals surface area contributed by atoms with Gasteiger partial charge in [0.15, 0.2) is 0 Å². The van der Waals surface area contributed by atoms with Gasteiger partial charge in [0.1, 0.15) is 0 Å². The second kappa shape index (κ2) is 6.91. The molecule has 0 aromatic heterocycles. The molecule has 0 amide bonds. The lowest BCUT2D eigenvalue weighted by Gasteiger charge is -2.28. The van der Waals surface area contributed by atoms with Crippen molar-refractivity contribution in [3.05, 3.63) is 0 Å². The molecular weight excluding hydrogens is 222 g/mol. The van der Waals surface area contributed by atoms with Gasteiger partial charge in [0.2, 0.25) is 0 Å². The predicted molar refractivity (Wildman–Crippen MR) is 78.8 cm³/mol. The molecule has 0 saturated heterocycles. The lowest BCUT2D eigenvalue weighted by Crippen LogP contribution is -2.37. The molecule has 2 heteroatoms. The minimum Gasteiger partial charge on any atom is -0.396 e. The molecule has 0 heterocycles. The average Bonchev–Trinajstić information content (AvgIpc) is 2.45. The minimum atomic E-state index is 0.310. The summed E-state index contributed by atoms with van der Waals surface area (Å²) in [6.07, 6.45) is 8.77. The van der Waals surface area contributed by atoms with Gasteiger partial charge in [0.25, 0.3) is 0 Å². The summed E-state index contributed by atoms with van der Waals surface area (Å²) in [6, 6.07) is 0.708. The van der Waals surface area contributed by atoms with Crippen molar-refractivity contribution in [3.8, 4) is 0 Å². The normalized spacial score (nSPS) is 24.8. The van der Waals surface area contributed by atoms with E-state index >= 15 is 0 Å². The molecule has 0 bridgehead atoms. The van der Waals surface area contributed by atoms with Crippen LogP contribution in [0.15, 0.2) is 0 Å². The Labute approximate surface area is 114 Å². The van der Waals surface area contributed by atoms with Gasteiger partial charge in [-0.3, -0.25) is 0 Å². The van der Waals surface area contributed by atoms with Gasteiger partial charge in [0, 0.05) is 19.2 Å². The van der Waals surface area contributed by atoms with E-state index in [9.17, 15) is 0 Å². The van der Waals surface area contributed by atoms with Crippen LogP contribution in [-0.2, 0) is 0 Å². The highest BCUT2D eigenvalue weighted by molar-refractivity contribution is 4.81. The van der Waals surface area contributed by atoms with Crippen molar-refractivity contribution in [2.24, 2.45) is 10.8 Å². The van der Waals surface area contributed by atoms with Gasteiger partial charge in [-0.05, 0) is 49.4 Å². The van der Waals surface area contributed by atoms with Gasteiger partial charge in [0.05, 0.1) is 0 Å². The van der Waals surface area contributed by atoms with Crippen LogP contribution in [0.4, 0.5) is 0 Å². The van der Waals surface area contributed by atoms with Crippen LogP contribution in [0, 0.1) is 10.8 Å². The van der Waals surface area contributed by atoms with Gasteiger partial charge in [-0.25, -0.2) is 0 Å². The van der Waals surface area contributed by atoms with Crippen molar-refractivity contribution < 1.29 is 5.11 Å². The van der Waals surface area contributed by atoms with Crippen LogP contribution < -0.4 is 5.32 Å². The molecule has 1 rings (SSSR count). The van der Waals surface area contributed by atoms with E-state index in [1.54, 1.807) is 0 Å². The zero-order valence-corrected chi connectivity index (χ0v) is 12.9. The molecular formula is C16H33NO. The van der Waals surface area contributed by atoms with Crippen LogP contribution in [0.2, 0.25) is 0 Å². The molecule has 0 spiro atoms. The summed E-state index contributed by atoms with van der Waals surface area (Å²) in [5, 5.41) is 12.7. The molecule has 0 aliphatic heterocycles. The molecule has 1 fully saturated rings. The third-order valence-corrected chi connectivity index (χ3v) is 4.46. The first-order valence-electron chi connectivity index (χ1n) is 7.69. The first-order valence-corrected chi connectivity index (χ1v) is 7.69. The zero-order chi connectivity index (χ0) is 13.6. The summed E-state index contributed by atoms with van der Waals surface area (Å²) in [7, 11) is 0. The molecule has 1 atom stereocenters. The van der Waals surface area contributed by atoms with Crippen LogP contribution in [0.5, 0.6) is 0 Å². The van der Waals surface area contributed by atoms with Crippen molar-refractivity contribution in [1.82, 2.24) is 5.32 Å². The third kappa shape index (κ3) is 6.19. The summed E-state index contributed by atoms with van der Waals surface area (Å²) < 4.78 is 0. The second-order valence-electron chi connectivity index (χ2n) is 7.66. The summed E-state index contributed by atoms with van der Waals surface area (Å²) in [5.41, 5.74) is 0.855. The van der Waals surface area contributed by atoms with E-state index in [0.29, 0.717) is 23.5 Å². The first-order chi connectivity index (χ1) is 8.35. The Hall–Kier alpha value is -0.0800. The van der Waals surface area contributed by atoms with E-state index in [1.165, 1.54) is 32.1 Å². The first kappa shape index (κ1) is 16.0. The van der Waals surface area contributed by atoms with Gasteiger partial charge in [-0.2, -0.15) is 0 Å². The molecule has 1 aliphatic carbocycles. The molecule has 2 nitrogen and oxygen atoms in total. The Balaban J connectivity index is 2.30. The topological polar surface area (TPSA) is 32.3 Å². The van der Waals surface area contributed by atoms with Crippen LogP contribution in [0.3, 0.4) is 0 Å². The van der Waals surface area contributed by atoms with Crippen molar-refractivity contribution in [2.75, 3.05) is 13.2 Å². The van der Waals surface area contributed by atoms with E-state index in [-0.39, 0.29) is 0 Å². The number of hydrogen-bond acceptors (Lipinski definition) is 2. The van der Waals surface area contributed by atoms with E-state index in [0.717, 1.165) is 19.4 Å². The maximum atomic E-state index is 8.92. The van der Waals surface area contributed by atoms with Gasteiger partial charge in [-0.1, -0.05) is 34.1 Å². The Kier molecular flexibility index (Phi) is 6.13. The zero-order valence-electron chi connectivity index (χ0n) is 12.9. The number of rotatable bonds is 6. The van der Waals surface area contributed by atoms with Gasteiger partial charge in [-0.15, -0.1) is 0 Å². The average molecular weight is 255 g/mol. The summed E-state index contributed by atoms with van der Waals surface area (Å²) in [5.74, 6) is 0. The molecule has 2 N–H and O–H groups in total. The predicted octanol–water partition coefficient (Wildman–Crippen LogP) is 3.73. The molecule has 1 saturated carbocycles. The SMILES string of the molecule is CC1(C)CCCC(NCC(C)(C)CCCO)CC1. The molecule has 1 aliphatic rings. The van der Waals surface area contributed by atoms with Crippen LogP contribution >= 0.6 is 0 Å². The highest BCUT2D eigenvalue weighted by atomic mass is 16.2. The molecule has 0 radical (unpaired) electrons. The van der Waals surface area contributed by atoms with Crippen LogP contribution in [0.1, 0.15) is 72.6 Å². The lowest BCUT2D eigenvalue weighted by molar-refractivity contribution is 0.228. The Bertz CT molecular complexity index is 235. The minimum absolute atomic E-state index is 0.310. The maximum absolute atomic E-state index is 8.92. The highest BCUT2D eigenvalue weighted by Crippen LogP contribution is 2.34. The quantitative estimate of drug-likeness (QED) is 0.709. The molecule has 1 unspecified atom stereocenters. The summed E-state index contributed by atoms with van der Waals surface area (Å²) in [6.45, 7) is 10.8. The van der Waals surface area contributed by atoms with E-state index in [4.69, 9.17) is 5.11 Å². The van der Waals surface area contributed by atoms with Crippen molar-refractivity contribution >= 4 is 0 Å². The number of hydrogen-bond donors (Lipinski definition) is 2. The number of aliphatic hydroxyl groups excluding tert-OH is 1. The van der Waals surface area contributed by atoms with Crippen LogP contribution in [-0.4, -0.2) is 24.3 Å². The van der Waals surface area contributed by atoms with Crippen LogP contribution in [0.25, 0.3) is 0 Å². The molecule has 108 valence electrons. The summed E-state index contributed by atoms with van der Waals surface area (Å²) in [4.78, 5) is 0. The fraction of sp³-hybridized carbons (Fsp3) is 1.00. The van der Waals surface area contributed by atoms with Crippen molar-refractivity contribution in [3.63, 3.8) is 0 Å². The van der Waals surface area contributed by atoms with Gasteiger partial charge < -0.3 is 10.4 Å². The fourth-order valence-electron chi connectivity index (χ4n) is 2.93. The Morgan fingerprint density at radius 2 is 1.94 bits per heavy atom. The molecule has 18 heavy (non-hydrogen) atoms. The smallest absolute Gasteiger partial charge is 0.0431 e. The van der Waals surface area contributed by atoms with E-state index < -0.39 is 0 Å². The monoisotopic (exact) mass is 255 g/mol. The maximum Gasteiger partial charge on any atom is 0.0431 e. The Morgan fingerprint density at radius 3 is 2.61 bits per heavy atom. The highest BCUT2D eigenvalue weighted by Gasteiger charge is 2.25. The molecule has 0 aromatic carbocycles. The standard InChI is InChI=1S/C16H33NO/c1-15(2)9-5-7-14(8-11-15)17-13-16(3,4)10-6-12-18/h14,17-18H,5-13H2,1-4H3. The lowest BCUT2D eigenvalue weighted by atomic mass is 9.85. The number of nitrogens with one attached hydrogen (secondary N) is 1.